The number of hydrogen-bond donors (Lipinski definition) is 1. The number of aromatic nitrogens is 2. The maximum Gasteiger partial charge on any atom is 0.272 e. The van der Waals surface area contributed by atoms with Gasteiger partial charge in [0, 0.05) is 18.8 Å². The lowest BCUT2D eigenvalue weighted by Gasteiger charge is -2.21. The Kier molecular flexibility index (Phi) is 6.37. The Labute approximate surface area is 166 Å². The third-order valence-electron chi connectivity index (χ3n) is 4.60. The normalized spacial score (nSPS) is 11.7. The van der Waals surface area contributed by atoms with Gasteiger partial charge >= 0.3 is 0 Å². The van der Waals surface area contributed by atoms with Gasteiger partial charge in [-0.2, -0.15) is 0 Å². The van der Waals surface area contributed by atoms with Crippen LogP contribution in [0.4, 0.5) is 5.95 Å². The van der Waals surface area contributed by atoms with Crippen molar-refractivity contribution in [2.45, 2.75) is 33.4 Å². The van der Waals surface area contributed by atoms with Gasteiger partial charge in [0.05, 0.1) is 6.04 Å². The van der Waals surface area contributed by atoms with Crippen LogP contribution in [-0.4, -0.2) is 27.3 Å². The summed E-state index contributed by atoms with van der Waals surface area (Å²) in [4.78, 5) is 23.8. The third-order valence-corrected chi connectivity index (χ3v) is 4.60. The first-order valence-electron chi connectivity index (χ1n) is 9.57. The van der Waals surface area contributed by atoms with E-state index in [0.29, 0.717) is 24.7 Å². The van der Waals surface area contributed by atoms with Gasteiger partial charge in [-0.3, -0.25) is 4.79 Å². The average molecular weight is 374 g/mol. The number of rotatable bonds is 7. The number of amides is 1. The number of anilines is 1. The summed E-state index contributed by atoms with van der Waals surface area (Å²) in [6.45, 7) is 7.08. The molecule has 2 aromatic carbocycles. The number of carbonyl (C=O) groups is 1. The Morgan fingerprint density at radius 3 is 2.32 bits per heavy atom. The zero-order chi connectivity index (χ0) is 19.9. The molecule has 3 aromatic rings. The molecule has 0 aliphatic rings. The van der Waals surface area contributed by atoms with Crippen molar-refractivity contribution in [2.75, 3.05) is 11.9 Å². The van der Waals surface area contributed by atoms with E-state index >= 15 is 0 Å². The predicted octanol–water partition coefficient (Wildman–Crippen LogP) is 4.62. The molecule has 1 heterocycles. The number of aryl methyl sites for hydroxylation is 1. The van der Waals surface area contributed by atoms with Crippen molar-refractivity contribution in [3.8, 4) is 0 Å². The van der Waals surface area contributed by atoms with Crippen LogP contribution >= 0.6 is 0 Å². The summed E-state index contributed by atoms with van der Waals surface area (Å²) in [5, 5.41) is 3.31. The summed E-state index contributed by atoms with van der Waals surface area (Å²) in [6.07, 6.45) is 0. The molecule has 1 unspecified atom stereocenters. The number of benzene rings is 2. The fraction of sp³-hybridized carbons (Fsp3) is 0.261. The molecule has 0 spiro atoms. The van der Waals surface area contributed by atoms with Crippen molar-refractivity contribution in [3.05, 3.63) is 89.2 Å². The molecule has 3 rings (SSSR count). The van der Waals surface area contributed by atoms with Crippen LogP contribution in [0.2, 0.25) is 0 Å². The minimum absolute atomic E-state index is 0.0394. The number of nitrogens with one attached hydrogen (secondary N) is 1. The van der Waals surface area contributed by atoms with Crippen LogP contribution in [-0.2, 0) is 6.54 Å². The highest BCUT2D eigenvalue weighted by Gasteiger charge is 2.18. The molecule has 0 fully saturated rings. The molecular weight excluding hydrogens is 348 g/mol. The van der Waals surface area contributed by atoms with Crippen molar-refractivity contribution in [2.24, 2.45) is 0 Å². The van der Waals surface area contributed by atoms with E-state index in [-0.39, 0.29) is 11.9 Å². The van der Waals surface area contributed by atoms with Crippen molar-refractivity contribution < 1.29 is 4.79 Å². The van der Waals surface area contributed by atoms with E-state index in [1.807, 2.05) is 62.4 Å². The first kappa shape index (κ1) is 19.5. The SMILES string of the molecule is CCN(Cc1ccccc1)C(=O)c1cc(C)nc(NC(C)c2ccccc2)n1. The van der Waals surface area contributed by atoms with Gasteiger partial charge in [-0.05, 0) is 38.0 Å². The molecule has 1 N–H and O–H groups in total. The molecule has 0 saturated heterocycles. The fourth-order valence-corrected chi connectivity index (χ4v) is 3.05. The second-order valence-electron chi connectivity index (χ2n) is 6.80. The van der Waals surface area contributed by atoms with Crippen LogP contribution < -0.4 is 5.32 Å². The minimum Gasteiger partial charge on any atom is -0.348 e. The first-order valence-corrected chi connectivity index (χ1v) is 9.57. The molecule has 5 nitrogen and oxygen atoms in total. The lowest BCUT2D eigenvalue weighted by Crippen LogP contribution is -2.31. The van der Waals surface area contributed by atoms with E-state index in [4.69, 9.17) is 0 Å². The maximum atomic E-state index is 13.0. The van der Waals surface area contributed by atoms with Gasteiger partial charge in [0.15, 0.2) is 0 Å². The molecule has 1 aromatic heterocycles. The summed E-state index contributed by atoms with van der Waals surface area (Å²) in [5.41, 5.74) is 3.41. The molecule has 0 radical (unpaired) electrons. The van der Waals surface area contributed by atoms with E-state index in [2.05, 4.69) is 34.3 Å². The molecule has 0 aliphatic heterocycles. The number of nitrogens with zero attached hydrogens (tertiary/aromatic N) is 3. The van der Waals surface area contributed by atoms with Crippen LogP contribution in [0.3, 0.4) is 0 Å². The smallest absolute Gasteiger partial charge is 0.272 e. The minimum atomic E-state index is -0.0905. The molecule has 0 aliphatic carbocycles. The van der Waals surface area contributed by atoms with Gasteiger partial charge in [0.1, 0.15) is 5.69 Å². The van der Waals surface area contributed by atoms with E-state index in [1.165, 1.54) is 0 Å². The maximum absolute atomic E-state index is 13.0. The van der Waals surface area contributed by atoms with Gasteiger partial charge in [-0.25, -0.2) is 9.97 Å². The second kappa shape index (κ2) is 9.13. The van der Waals surface area contributed by atoms with Crippen molar-refractivity contribution in [1.29, 1.82) is 0 Å². The quantitative estimate of drug-likeness (QED) is 0.655. The molecule has 28 heavy (non-hydrogen) atoms. The van der Waals surface area contributed by atoms with E-state index in [1.54, 1.807) is 11.0 Å². The number of carbonyl (C=O) groups excluding carboxylic acids is 1. The Hall–Kier alpha value is -3.21. The summed E-state index contributed by atoms with van der Waals surface area (Å²) in [7, 11) is 0. The molecular formula is C23H26N4O. The first-order chi connectivity index (χ1) is 13.6. The third kappa shape index (κ3) is 4.94. The zero-order valence-corrected chi connectivity index (χ0v) is 16.6. The second-order valence-corrected chi connectivity index (χ2v) is 6.80. The highest BCUT2D eigenvalue weighted by Crippen LogP contribution is 2.18. The largest absolute Gasteiger partial charge is 0.348 e. The summed E-state index contributed by atoms with van der Waals surface area (Å²) in [6, 6.07) is 21.9. The molecule has 1 atom stereocenters. The Morgan fingerprint density at radius 2 is 1.68 bits per heavy atom. The standard InChI is InChI=1S/C23H26N4O/c1-4-27(16-19-11-7-5-8-12-19)22(28)21-15-17(2)24-23(26-21)25-18(3)20-13-9-6-10-14-20/h5-15,18H,4,16H2,1-3H3,(H,24,25,26). The van der Waals surface area contributed by atoms with Crippen molar-refractivity contribution >= 4 is 11.9 Å². The molecule has 0 saturated carbocycles. The van der Waals surface area contributed by atoms with Crippen LogP contribution in [0.25, 0.3) is 0 Å². The van der Waals surface area contributed by atoms with Crippen LogP contribution in [0.15, 0.2) is 66.7 Å². The van der Waals surface area contributed by atoms with Gasteiger partial charge in [-0.1, -0.05) is 60.7 Å². The lowest BCUT2D eigenvalue weighted by atomic mass is 10.1. The Balaban J connectivity index is 1.78. The van der Waals surface area contributed by atoms with Gasteiger partial charge in [-0.15, -0.1) is 0 Å². The van der Waals surface area contributed by atoms with Crippen molar-refractivity contribution in [3.63, 3.8) is 0 Å². The topological polar surface area (TPSA) is 58.1 Å². The monoisotopic (exact) mass is 374 g/mol. The van der Waals surface area contributed by atoms with Crippen LogP contribution in [0, 0.1) is 6.92 Å². The van der Waals surface area contributed by atoms with Gasteiger partial charge in [0.2, 0.25) is 5.95 Å². The van der Waals surface area contributed by atoms with Crippen LogP contribution in [0.1, 0.15) is 47.2 Å². The Bertz CT molecular complexity index is 912. The predicted molar refractivity (Wildman–Crippen MR) is 112 cm³/mol. The summed E-state index contributed by atoms with van der Waals surface area (Å²) < 4.78 is 0. The van der Waals surface area contributed by atoms with E-state index in [9.17, 15) is 4.79 Å². The molecule has 5 heteroatoms. The summed E-state index contributed by atoms with van der Waals surface area (Å²) in [5.74, 6) is 0.378. The van der Waals surface area contributed by atoms with Crippen LogP contribution in [0.5, 0.6) is 0 Å². The zero-order valence-electron chi connectivity index (χ0n) is 16.6. The fourth-order valence-electron chi connectivity index (χ4n) is 3.05. The van der Waals surface area contributed by atoms with Crippen molar-refractivity contribution in [1.82, 2.24) is 14.9 Å². The lowest BCUT2D eigenvalue weighted by molar-refractivity contribution is 0.0746. The molecule has 144 valence electrons. The van der Waals surface area contributed by atoms with Gasteiger partial charge < -0.3 is 10.2 Å². The van der Waals surface area contributed by atoms with E-state index < -0.39 is 0 Å². The summed E-state index contributed by atoms with van der Waals surface area (Å²) >= 11 is 0. The van der Waals surface area contributed by atoms with E-state index in [0.717, 1.165) is 16.8 Å². The molecule has 0 bridgehead atoms. The Morgan fingerprint density at radius 1 is 1.04 bits per heavy atom. The highest BCUT2D eigenvalue weighted by molar-refractivity contribution is 5.92. The molecule has 1 amide bonds. The average Bonchev–Trinajstić information content (AvgIpc) is 2.72. The van der Waals surface area contributed by atoms with Gasteiger partial charge in [0.25, 0.3) is 5.91 Å². The highest BCUT2D eigenvalue weighted by atomic mass is 16.2. The number of hydrogen-bond acceptors (Lipinski definition) is 4.